The lowest BCUT2D eigenvalue weighted by atomic mass is 10.1. The lowest BCUT2D eigenvalue weighted by Gasteiger charge is -2.31. The van der Waals surface area contributed by atoms with Gasteiger partial charge in [0.1, 0.15) is 11.5 Å². The monoisotopic (exact) mass is 264 g/mol. The van der Waals surface area contributed by atoms with Crippen LogP contribution in [0.1, 0.15) is 13.3 Å². The van der Waals surface area contributed by atoms with Crippen LogP contribution in [0.15, 0.2) is 18.2 Å². The summed E-state index contributed by atoms with van der Waals surface area (Å²) in [5.41, 5.74) is 1.16. The minimum Gasteiger partial charge on any atom is -0.497 e. The number of hydrogen-bond acceptors (Lipinski definition) is 4. The lowest BCUT2D eigenvalue weighted by molar-refractivity contribution is 0.392. The number of anilines is 1. The van der Waals surface area contributed by atoms with E-state index >= 15 is 0 Å². The lowest BCUT2D eigenvalue weighted by Crippen LogP contribution is -2.38. The van der Waals surface area contributed by atoms with E-state index in [1.54, 1.807) is 14.2 Å². The Morgan fingerprint density at radius 1 is 1.26 bits per heavy atom. The van der Waals surface area contributed by atoms with Crippen molar-refractivity contribution in [2.45, 2.75) is 13.3 Å². The van der Waals surface area contributed by atoms with Crippen LogP contribution in [0.4, 0.5) is 5.69 Å². The molecule has 1 heterocycles. The zero-order valence-electron chi connectivity index (χ0n) is 12.1. The van der Waals surface area contributed by atoms with Crippen molar-refractivity contribution < 1.29 is 9.47 Å². The van der Waals surface area contributed by atoms with Gasteiger partial charge in [-0.1, -0.05) is 6.92 Å². The zero-order chi connectivity index (χ0) is 13.7. The Labute approximate surface area is 115 Å². The maximum absolute atomic E-state index is 5.51. The molecular weight excluding hydrogens is 240 g/mol. The standard InChI is InChI=1S/C15H24N2O2/c1-12-10-16-7-4-8-17(11-12)14-6-5-13(18-2)9-15(14)19-3/h5-6,9,12,16H,4,7-8,10-11H2,1-3H3. The molecule has 1 aliphatic heterocycles. The average Bonchev–Trinajstić information content (AvgIpc) is 2.42. The Morgan fingerprint density at radius 2 is 2.11 bits per heavy atom. The van der Waals surface area contributed by atoms with Gasteiger partial charge in [0.05, 0.1) is 19.9 Å². The minimum absolute atomic E-state index is 0.632. The molecule has 0 bridgehead atoms. The normalized spacial score (nSPS) is 20.6. The summed E-state index contributed by atoms with van der Waals surface area (Å²) >= 11 is 0. The van der Waals surface area contributed by atoms with Crippen LogP contribution in [0.25, 0.3) is 0 Å². The van der Waals surface area contributed by atoms with E-state index in [1.165, 1.54) is 0 Å². The highest BCUT2D eigenvalue weighted by atomic mass is 16.5. The van der Waals surface area contributed by atoms with Gasteiger partial charge in [0.2, 0.25) is 0 Å². The SMILES string of the molecule is COc1ccc(N2CCCNCC(C)C2)c(OC)c1. The van der Waals surface area contributed by atoms with Gasteiger partial charge in [-0.15, -0.1) is 0 Å². The van der Waals surface area contributed by atoms with E-state index in [4.69, 9.17) is 9.47 Å². The Kier molecular flexibility index (Phi) is 4.91. The quantitative estimate of drug-likeness (QED) is 0.907. The number of hydrogen-bond donors (Lipinski definition) is 1. The fourth-order valence-electron chi connectivity index (χ4n) is 2.54. The second-order valence-electron chi connectivity index (χ2n) is 5.15. The van der Waals surface area contributed by atoms with E-state index in [0.29, 0.717) is 5.92 Å². The van der Waals surface area contributed by atoms with Crippen molar-refractivity contribution in [3.8, 4) is 11.5 Å². The molecular formula is C15H24N2O2. The average molecular weight is 264 g/mol. The first-order valence-electron chi connectivity index (χ1n) is 6.92. The molecule has 0 aliphatic carbocycles. The first-order valence-corrected chi connectivity index (χ1v) is 6.92. The molecule has 1 atom stereocenters. The van der Waals surface area contributed by atoms with Gasteiger partial charge < -0.3 is 19.7 Å². The summed E-state index contributed by atoms with van der Waals surface area (Å²) in [5.74, 6) is 2.36. The highest BCUT2D eigenvalue weighted by Crippen LogP contribution is 2.32. The number of nitrogens with one attached hydrogen (secondary N) is 1. The van der Waals surface area contributed by atoms with Crippen molar-refractivity contribution in [1.82, 2.24) is 5.32 Å². The van der Waals surface area contributed by atoms with Crippen LogP contribution in [0, 0.1) is 5.92 Å². The summed E-state index contributed by atoms with van der Waals surface area (Å²) in [4.78, 5) is 2.42. The third-order valence-corrected chi connectivity index (χ3v) is 3.53. The minimum atomic E-state index is 0.632. The molecule has 1 saturated heterocycles. The third kappa shape index (κ3) is 3.53. The predicted molar refractivity (Wildman–Crippen MR) is 78.4 cm³/mol. The molecule has 1 N–H and O–H groups in total. The van der Waals surface area contributed by atoms with Crippen molar-refractivity contribution in [3.63, 3.8) is 0 Å². The summed E-state index contributed by atoms with van der Waals surface area (Å²) < 4.78 is 10.8. The number of ether oxygens (including phenoxy) is 2. The second-order valence-corrected chi connectivity index (χ2v) is 5.15. The summed E-state index contributed by atoms with van der Waals surface area (Å²) in [5, 5.41) is 3.48. The van der Waals surface area contributed by atoms with Gasteiger partial charge >= 0.3 is 0 Å². The topological polar surface area (TPSA) is 33.7 Å². The largest absolute Gasteiger partial charge is 0.497 e. The van der Waals surface area contributed by atoms with E-state index in [-0.39, 0.29) is 0 Å². The van der Waals surface area contributed by atoms with E-state index < -0.39 is 0 Å². The molecule has 2 rings (SSSR count). The van der Waals surface area contributed by atoms with Crippen LogP contribution in [0.3, 0.4) is 0 Å². The summed E-state index contributed by atoms with van der Waals surface area (Å²) in [7, 11) is 3.39. The highest BCUT2D eigenvalue weighted by Gasteiger charge is 2.17. The van der Waals surface area contributed by atoms with Crippen LogP contribution in [-0.4, -0.2) is 40.4 Å². The fourth-order valence-corrected chi connectivity index (χ4v) is 2.54. The third-order valence-electron chi connectivity index (χ3n) is 3.53. The maximum atomic E-state index is 5.51. The van der Waals surface area contributed by atoms with Gasteiger partial charge in [0.25, 0.3) is 0 Å². The Balaban J connectivity index is 2.22. The van der Waals surface area contributed by atoms with Gasteiger partial charge in [-0.3, -0.25) is 0 Å². The number of nitrogens with zero attached hydrogens (tertiary/aromatic N) is 1. The van der Waals surface area contributed by atoms with Crippen LogP contribution < -0.4 is 19.7 Å². The summed E-state index contributed by atoms with van der Waals surface area (Å²) in [6, 6.07) is 6.05. The van der Waals surface area contributed by atoms with Crippen molar-refractivity contribution in [3.05, 3.63) is 18.2 Å². The van der Waals surface area contributed by atoms with Crippen molar-refractivity contribution in [1.29, 1.82) is 0 Å². The van der Waals surface area contributed by atoms with Gasteiger partial charge in [0, 0.05) is 19.2 Å². The van der Waals surface area contributed by atoms with Crippen LogP contribution >= 0.6 is 0 Å². The van der Waals surface area contributed by atoms with Crippen molar-refractivity contribution in [2.24, 2.45) is 5.92 Å². The zero-order valence-corrected chi connectivity index (χ0v) is 12.1. The van der Waals surface area contributed by atoms with Crippen LogP contribution in [0.5, 0.6) is 11.5 Å². The number of benzene rings is 1. The molecule has 0 radical (unpaired) electrons. The summed E-state index contributed by atoms with van der Waals surface area (Å²) in [6.45, 7) is 6.55. The molecule has 0 amide bonds. The first-order chi connectivity index (χ1) is 9.24. The molecule has 4 nitrogen and oxygen atoms in total. The molecule has 1 aromatic rings. The molecule has 1 aliphatic rings. The van der Waals surface area contributed by atoms with E-state index in [9.17, 15) is 0 Å². The smallest absolute Gasteiger partial charge is 0.145 e. The van der Waals surface area contributed by atoms with E-state index in [0.717, 1.165) is 49.8 Å². The molecule has 1 fully saturated rings. The predicted octanol–water partition coefficient (Wildman–Crippen LogP) is 2.14. The number of rotatable bonds is 3. The molecule has 4 heteroatoms. The Hall–Kier alpha value is -1.42. The highest BCUT2D eigenvalue weighted by molar-refractivity contribution is 5.61. The number of methoxy groups -OCH3 is 2. The molecule has 19 heavy (non-hydrogen) atoms. The van der Waals surface area contributed by atoms with E-state index in [2.05, 4.69) is 23.2 Å². The van der Waals surface area contributed by atoms with Crippen LogP contribution in [0.2, 0.25) is 0 Å². The molecule has 0 aromatic heterocycles. The van der Waals surface area contributed by atoms with Crippen LogP contribution in [-0.2, 0) is 0 Å². The Bertz CT molecular complexity index is 409. The second kappa shape index (κ2) is 6.66. The molecule has 1 unspecified atom stereocenters. The first kappa shape index (κ1) is 14.0. The molecule has 106 valence electrons. The fraction of sp³-hybridized carbons (Fsp3) is 0.600. The molecule has 0 saturated carbocycles. The van der Waals surface area contributed by atoms with Gasteiger partial charge in [-0.25, -0.2) is 0 Å². The van der Waals surface area contributed by atoms with Gasteiger partial charge in [-0.05, 0) is 37.6 Å². The van der Waals surface area contributed by atoms with Gasteiger partial charge in [-0.2, -0.15) is 0 Å². The molecule has 0 spiro atoms. The van der Waals surface area contributed by atoms with Gasteiger partial charge in [0.15, 0.2) is 0 Å². The van der Waals surface area contributed by atoms with Crippen molar-refractivity contribution in [2.75, 3.05) is 45.3 Å². The van der Waals surface area contributed by atoms with E-state index in [1.807, 2.05) is 12.1 Å². The summed E-state index contributed by atoms with van der Waals surface area (Å²) in [6.07, 6.45) is 1.15. The molecule has 1 aromatic carbocycles. The van der Waals surface area contributed by atoms with Crippen molar-refractivity contribution >= 4 is 5.69 Å². The Morgan fingerprint density at radius 3 is 2.84 bits per heavy atom. The maximum Gasteiger partial charge on any atom is 0.145 e.